The van der Waals surface area contributed by atoms with Gasteiger partial charge in [0.1, 0.15) is 6.42 Å². The number of rotatable bonds is 9. The first-order valence-corrected chi connectivity index (χ1v) is 7.04. The molecule has 0 N–H and O–H groups in total. The van der Waals surface area contributed by atoms with Gasteiger partial charge in [0.25, 0.3) is 0 Å². The fourth-order valence-corrected chi connectivity index (χ4v) is 1.71. The minimum atomic E-state index is -0.528. The van der Waals surface area contributed by atoms with Crippen LogP contribution in [0.3, 0.4) is 0 Å². The highest BCUT2D eigenvalue weighted by molar-refractivity contribution is 5.91. The number of ether oxygens (including phenoxy) is 2. The first-order valence-electron chi connectivity index (χ1n) is 7.04. The molecule has 0 spiro atoms. The molecule has 0 aliphatic carbocycles. The first-order chi connectivity index (χ1) is 9.03. The zero-order valence-electron chi connectivity index (χ0n) is 12.5. The van der Waals surface area contributed by atoms with E-state index in [4.69, 9.17) is 4.74 Å². The fourth-order valence-electron chi connectivity index (χ4n) is 1.71. The Kier molecular flexibility index (Phi) is 9.85. The predicted molar refractivity (Wildman–Crippen MR) is 74.7 cm³/mol. The standard InChI is InChI=1S/C15H26O4/c1-5-13(6-2)10-12(4)8-9-19-15(17)11-14(16)18-7-3/h10,12H,5-9,11H2,1-4H3. The number of allylic oxidation sites excluding steroid dienone is 2. The number of carbonyl (C=O) groups is 2. The minimum Gasteiger partial charge on any atom is -0.466 e. The Morgan fingerprint density at radius 2 is 1.63 bits per heavy atom. The molecule has 19 heavy (non-hydrogen) atoms. The van der Waals surface area contributed by atoms with Crippen LogP contribution in [0.2, 0.25) is 0 Å². The molecule has 0 saturated heterocycles. The lowest BCUT2D eigenvalue weighted by Crippen LogP contribution is -2.15. The lowest BCUT2D eigenvalue weighted by atomic mass is 10.0. The maximum absolute atomic E-state index is 11.3. The molecule has 0 aliphatic rings. The molecule has 0 aromatic rings. The highest BCUT2D eigenvalue weighted by Gasteiger charge is 2.11. The summed E-state index contributed by atoms with van der Waals surface area (Å²) in [5.41, 5.74) is 1.42. The molecular formula is C15H26O4. The van der Waals surface area contributed by atoms with E-state index in [9.17, 15) is 9.59 Å². The molecule has 0 aromatic carbocycles. The first kappa shape index (κ1) is 17.7. The van der Waals surface area contributed by atoms with E-state index in [0.717, 1.165) is 19.3 Å². The molecule has 0 fully saturated rings. The third kappa shape index (κ3) is 9.28. The van der Waals surface area contributed by atoms with E-state index >= 15 is 0 Å². The molecular weight excluding hydrogens is 244 g/mol. The minimum absolute atomic E-state index is 0.282. The van der Waals surface area contributed by atoms with E-state index in [-0.39, 0.29) is 13.0 Å². The molecule has 1 unspecified atom stereocenters. The van der Waals surface area contributed by atoms with E-state index < -0.39 is 11.9 Å². The summed E-state index contributed by atoms with van der Waals surface area (Å²) in [6.45, 7) is 8.71. The zero-order chi connectivity index (χ0) is 14.7. The predicted octanol–water partition coefficient (Wildman–Crippen LogP) is 3.26. The number of hydrogen-bond donors (Lipinski definition) is 0. The van der Waals surface area contributed by atoms with Crippen molar-refractivity contribution in [2.24, 2.45) is 5.92 Å². The second-order valence-electron chi connectivity index (χ2n) is 4.50. The normalized spacial score (nSPS) is 11.6. The van der Waals surface area contributed by atoms with E-state index in [1.807, 2.05) is 0 Å². The molecule has 1 atom stereocenters. The topological polar surface area (TPSA) is 52.6 Å². The Hall–Kier alpha value is -1.32. The van der Waals surface area contributed by atoms with Crippen molar-refractivity contribution in [3.05, 3.63) is 11.6 Å². The van der Waals surface area contributed by atoms with Gasteiger partial charge in [-0.25, -0.2) is 0 Å². The third-order valence-corrected chi connectivity index (χ3v) is 2.86. The SMILES string of the molecule is CCOC(=O)CC(=O)OCCC(C)C=C(CC)CC. The average molecular weight is 270 g/mol. The summed E-state index contributed by atoms with van der Waals surface area (Å²) in [7, 11) is 0. The summed E-state index contributed by atoms with van der Waals surface area (Å²) in [5, 5.41) is 0. The molecule has 0 heterocycles. The van der Waals surface area contributed by atoms with Crippen molar-refractivity contribution in [1.29, 1.82) is 0 Å². The van der Waals surface area contributed by atoms with Gasteiger partial charge in [-0.05, 0) is 32.1 Å². The van der Waals surface area contributed by atoms with Gasteiger partial charge in [-0.1, -0.05) is 32.4 Å². The van der Waals surface area contributed by atoms with Crippen molar-refractivity contribution < 1.29 is 19.1 Å². The van der Waals surface area contributed by atoms with Crippen LogP contribution in [-0.2, 0) is 19.1 Å². The molecule has 0 aromatic heterocycles. The zero-order valence-corrected chi connectivity index (χ0v) is 12.5. The van der Waals surface area contributed by atoms with E-state index in [0.29, 0.717) is 12.5 Å². The molecule has 0 saturated carbocycles. The molecule has 0 aliphatic heterocycles. The summed E-state index contributed by atoms with van der Waals surface area (Å²) >= 11 is 0. The van der Waals surface area contributed by atoms with Crippen LogP contribution in [-0.4, -0.2) is 25.2 Å². The second-order valence-corrected chi connectivity index (χ2v) is 4.50. The third-order valence-electron chi connectivity index (χ3n) is 2.86. The Labute approximate surface area is 116 Å². The highest BCUT2D eigenvalue weighted by Crippen LogP contribution is 2.13. The van der Waals surface area contributed by atoms with Crippen molar-refractivity contribution in [1.82, 2.24) is 0 Å². The van der Waals surface area contributed by atoms with Crippen LogP contribution in [0.1, 0.15) is 53.4 Å². The summed E-state index contributed by atoms with van der Waals surface area (Å²) in [6, 6.07) is 0. The van der Waals surface area contributed by atoms with Crippen molar-refractivity contribution in [2.75, 3.05) is 13.2 Å². The summed E-state index contributed by atoms with van der Waals surface area (Å²) < 4.78 is 9.68. The van der Waals surface area contributed by atoms with Gasteiger partial charge in [0, 0.05) is 0 Å². The van der Waals surface area contributed by atoms with Gasteiger partial charge in [-0.15, -0.1) is 0 Å². The van der Waals surface area contributed by atoms with Crippen molar-refractivity contribution in [2.45, 2.75) is 53.4 Å². The average Bonchev–Trinajstić information content (AvgIpc) is 2.36. The van der Waals surface area contributed by atoms with Crippen molar-refractivity contribution >= 4 is 11.9 Å². The van der Waals surface area contributed by atoms with Gasteiger partial charge < -0.3 is 9.47 Å². The Balaban J connectivity index is 3.87. The Morgan fingerprint density at radius 3 is 2.16 bits per heavy atom. The van der Waals surface area contributed by atoms with Crippen LogP contribution in [0, 0.1) is 5.92 Å². The summed E-state index contributed by atoms with van der Waals surface area (Å²) in [4.78, 5) is 22.3. The fraction of sp³-hybridized carbons (Fsp3) is 0.733. The van der Waals surface area contributed by atoms with E-state index in [1.54, 1.807) is 6.92 Å². The Bertz CT molecular complexity index is 301. The lowest BCUT2D eigenvalue weighted by molar-refractivity contribution is -0.154. The molecule has 0 radical (unpaired) electrons. The monoisotopic (exact) mass is 270 g/mol. The van der Waals surface area contributed by atoms with Gasteiger partial charge in [-0.2, -0.15) is 0 Å². The van der Waals surface area contributed by atoms with Crippen LogP contribution >= 0.6 is 0 Å². The molecule has 0 rings (SSSR count). The molecule has 110 valence electrons. The van der Waals surface area contributed by atoms with Gasteiger partial charge in [0.05, 0.1) is 13.2 Å². The number of carbonyl (C=O) groups excluding carboxylic acids is 2. The second kappa shape index (κ2) is 10.6. The molecule has 4 heteroatoms. The van der Waals surface area contributed by atoms with E-state index in [1.165, 1.54) is 5.57 Å². The van der Waals surface area contributed by atoms with Crippen LogP contribution in [0.25, 0.3) is 0 Å². The number of hydrogen-bond acceptors (Lipinski definition) is 4. The largest absolute Gasteiger partial charge is 0.466 e. The maximum Gasteiger partial charge on any atom is 0.317 e. The van der Waals surface area contributed by atoms with Crippen LogP contribution in [0.4, 0.5) is 0 Å². The summed E-state index contributed by atoms with van der Waals surface area (Å²) in [5.74, 6) is -0.661. The Morgan fingerprint density at radius 1 is 1.05 bits per heavy atom. The molecule has 0 bridgehead atoms. The quantitative estimate of drug-likeness (QED) is 0.366. The van der Waals surface area contributed by atoms with Crippen LogP contribution in [0.15, 0.2) is 11.6 Å². The molecule has 4 nitrogen and oxygen atoms in total. The van der Waals surface area contributed by atoms with Gasteiger partial charge >= 0.3 is 11.9 Å². The van der Waals surface area contributed by atoms with Crippen LogP contribution < -0.4 is 0 Å². The van der Waals surface area contributed by atoms with Gasteiger partial charge in [0.15, 0.2) is 0 Å². The summed E-state index contributed by atoms with van der Waals surface area (Å²) in [6.07, 6.45) is 4.83. The van der Waals surface area contributed by atoms with Crippen LogP contribution in [0.5, 0.6) is 0 Å². The molecule has 0 amide bonds. The lowest BCUT2D eigenvalue weighted by Gasteiger charge is -2.10. The maximum atomic E-state index is 11.3. The number of esters is 2. The highest BCUT2D eigenvalue weighted by atomic mass is 16.6. The van der Waals surface area contributed by atoms with Crippen molar-refractivity contribution in [3.8, 4) is 0 Å². The van der Waals surface area contributed by atoms with Crippen molar-refractivity contribution in [3.63, 3.8) is 0 Å². The van der Waals surface area contributed by atoms with Gasteiger partial charge in [0.2, 0.25) is 0 Å². The van der Waals surface area contributed by atoms with Gasteiger partial charge in [-0.3, -0.25) is 9.59 Å². The van der Waals surface area contributed by atoms with E-state index in [2.05, 4.69) is 31.6 Å². The smallest absolute Gasteiger partial charge is 0.317 e.